The minimum absolute atomic E-state index is 0. The second-order valence-corrected chi connectivity index (χ2v) is 6.76. The largest absolute Gasteiger partial charge is 0.373 e. The summed E-state index contributed by atoms with van der Waals surface area (Å²) >= 11 is 0. The van der Waals surface area contributed by atoms with Gasteiger partial charge in [0.25, 0.3) is 0 Å². The third-order valence-corrected chi connectivity index (χ3v) is 4.48. The highest BCUT2D eigenvalue weighted by atomic mass is 16.2. The summed E-state index contributed by atoms with van der Waals surface area (Å²) in [7, 11) is 0. The van der Waals surface area contributed by atoms with E-state index in [4.69, 9.17) is 0 Å². The third kappa shape index (κ3) is 8.52. The number of nitrogens with zero attached hydrogens (tertiary/aromatic N) is 1. The second-order valence-electron chi connectivity index (χ2n) is 6.76. The van der Waals surface area contributed by atoms with E-state index in [2.05, 4.69) is 29.0 Å². The van der Waals surface area contributed by atoms with Crippen molar-refractivity contribution in [2.24, 2.45) is 5.92 Å². The summed E-state index contributed by atoms with van der Waals surface area (Å²) in [4.78, 5) is 26.4. The fourth-order valence-corrected chi connectivity index (χ4v) is 2.90. The van der Waals surface area contributed by atoms with Crippen LogP contribution in [0.25, 0.3) is 0 Å². The average molecular weight is 356 g/mol. The van der Waals surface area contributed by atoms with E-state index >= 15 is 0 Å². The Hall–Kier alpha value is -1.36. The maximum Gasteiger partial charge on any atom is 0.237 e. The lowest BCUT2D eigenvalue weighted by Crippen LogP contribution is -2.48. The number of carbonyl (C=O) groups is 2. The van der Waals surface area contributed by atoms with Crippen molar-refractivity contribution in [1.29, 1.82) is 0 Å². The summed E-state index contributed by atoms with van der Waals surface area (Å²) in [5.41, 5.74) is 0.984. The van der Waals surface area contributed by atoms with Crippen LogP contribution in [-0.4, -0.2) is 48.3 Å². The fraction of sp³-hybridized carbons (Fsp3) is 0.800. The highest BCUT2D eigenvalue weighted by molar-refractivity contribution is 5.85. The molecule has 148 valence electrons. The topological polar surface area (TPSA) is 61.4 Å². The number of likely N-dealkylation sites (tertiary alicyclic amines) is 1. The maximum absolute atomic E-state index is 12.3. The molecule has 0 aromatic heterocycles. The van der Waals surface area contributed by atoms with Crippen LogP contribution in [0.5, 0.6) is 0 Å². The minimum atomic E-state index is -0.403. The normalized spacial score (nSPS) is 18.2. The number of Topliss-reactive ketones (excluding diaryl/α,β-unsaturated/α-hetero) is 1. The lowest BCUT2D eigenvalue weighted by molar-refractivity contribution is -0.124. The van der Waals surface area contributed by atoms with E-state index in [1.54, 1.807) is 0 Å². The smallest absolute Gasteiger partial charge is 0.237 e. The Morgan fingerprint density at radius 3 is 2.44 bits per heavy atom. The molecule has 0 bridgehead atoms. The van der Waals surface area contributed by atoms with E-state index in [0.717, 1.165) is 12.2 Å². The van der Waals surface area contributed by atoms with Gasteiger partial charge in [-0.1, -0.05) is 34.3 Å². The van der Waals surface area contributed by atoms with Gasteiger partial charge in [0, 0.05) is 38.6 Å². The van der Waals surface area contributed by atoms with Gasteiger partial charge in [0.15, 0.2) is 0 Å². The first kappa shape index (κ1) is 23.6. The summed E-state index contributed by atoms with van der Waals surface area (Å²) < 4.78 is 0. The van der Waals surface area contributed by atoms with Crippen LogP contribution in [0.1, 0.15) is 68.7 Å². The highest BCUT2D eigenvalue weighted by Gasteiger charge is 2.25. The van der Waals surface area contributed by atoms with Crippen LogP contribution in [0, 0.1) is 5.92 Å². The predicted octanol–water partition coefficient (Wildman–Crippen LogP) is 3.36. The fourth-order valence-electron chi connectivity index (χ4n) is 2.90. The molecule has 0 aromatic rings. The average Bonchev–Trinajstić information content (AvgIpc) is 2.60. The molecular formula is C20H41N3O2. The molecule has 1 aliphatic heterocycles. The second kappa shape index (κ2) is 12.9. The van der Waals surface area contributed by atoms with Crippen molar-refractivity contribution in [3.63, 3.8) is 0 Å². The first-order valence-corrected chi connectivity index (χ1v) is 9.85. The third-order valence-electron chi connectivity index (χ3n) is 4.48. The number of carbonyl (C=O) groups excluding carboxylic acids is 2. The van der Waals surface area contributed by atoms with Crippen LogP contribution in [0.15, 0.2) is 12.3 Å². The number of rotatable bonds is 9. The molecule has 1 rings (SSSR count). The molecule has 1 heterocycles. The van der Waals surface area contributed by atoms with Gasteiger partial charge in [-0.15, -0.1) is 0 Å². The van der Waals surface area contributed by atoms with Gasteiger partial charge in [0.05, 0.1) is 12.6 Å². The molecule has 0 spiro atoms. The molecule has 1 amide bonds. The predicted molar refractivity (Wildman–Crippen MR) is 108 cm³/mol. The van der Waals surface area contributed by atoms with Crippen molar-refractivity contribution < 1.29 is 11.0 Å². The molecule has 2 atom stereocenters. The molecular weight excluding hydrogens is 314 g/mol. The maximum atomic E-state index is 12.3. The quantitative estimate of drug-likeness (QED) is 0.666. The zero-order valence-electron chi connectivity index (χ0n) is 17.2. The van der Waals surface area contributed by atoms with Crippen LogP contribution in [-0.2, 0) is 9.59 Å². The molecule has 5 nitrogen and oxygen atoms in total. The van der Waals surface area contributed by atoms with E-state index < -0.39 is 6.04 Å². The van der Waals surface area contributed by atoms with Crippen molar-refractivity contribution >= 4 is 11.7 Å². The van der Waals surface area contributed by atoms with Crippen LogP contribution in [0.4, 0.5) is 0 Å². The van der Waals surface area contributed by atoms with Crippen LogP contribution in [0.2, 0.25) is 0 Å². The molecule has 1 saturated heterocycles. The van der Waals surface area contributed by atoms with Gasteiger partial charge in [-0.05, 0) is 33.1 Å². The number of likely N-dealkylation sites (N-methyl/N-ethyl adjacent to an activating group) is 1. The van der Waals surface area contributed by atoms with Crippen molar-refractivity contribution in [2.75, 3.05) is 19.6 Å². The Morgan fingerprint density at radius 2 is 1.92 bits per heavy atom. The van der Waals surface area contributed by atoms with E-state index in [0.29, 0.717) is 19.0 Å². The van der Waals surface area contributed by atoms with Crippen molar-refractivity contribution in [3.05, 3.63) is 12.3 Å². The van der Waals surface area contributed by atoms with Gasteiger partial charge in [-0.2, -0.15) is 0 Å². The summed E-state index contributed by atoms with van der Waals surface area (Å²) in [6, 6.07) is 0.0720. The number of nitrogens with one attached hydrogen (secondary N) is 2. The lowest BCUT2D eigenvalue weighted by Gasteiger charge is -2.37. The summed E-state index contributed by atoms with van der Waals surface area (Å²) in [5, 5.41) is 5.97. The Labute approximate surface area is 156 Å². The molecule has 25 heavy (non-hydrogen) atoms. The molecule has 0 unspecified atom stereocenters. The summed E-state index contributed by atoms with van der Waals surface area (Å²) in [6.45, 7) is 17.9. The zero-order chi connectivity index (χ0) is 19.4. The standard InChI is InChI=1S/C18H33N3O2.C2H6.H2/c1-6-19-18(23)16(20-12-17(22)13(2)3)11-15(5)21-10-8-7-9-14(21)4;1-2;/h13-14,16,20H,5-12H2,1-4H3,(H,19,23);1-2H3;1H/t14-,16-;;/m0../s1. The zero-order valence-corrected chi connectivity index (χ0v) is 17.2. The summed E-state index contributed by atoms with van der Waals surface area (Å²) in [5.74, 6) is 0.0359. The lowest BCUT2D eigenvalue weighted by atomic mass is 10.0. The first-order valence-electron chi connectivity index (χ1n) is 9.85. The molecule has 5 heteroatoms. The number of hydrogen-bond donors (Lipinski definition) is 2. The number of hydrogen-bond acceptors (Lipinski definition) is 4. The van der Waals surface area contributed by atoms with E-state index in [9.17, 15) is 9.59 Å². The van der Waals surface area contributed by atoms with Crippen molar-refractivity contribution in [3.8, 4) is 0 Å². The Kier molecular flexibility index (Phi) is 12.2. The van der Waals surface area contributed by atoms with Gasteiger partial charge in [-0.3, -0.25) is 14.9 Å². The van der Waals surface area contributed by atoms with E-state index in [1.807, 2.05) is 34.6 Å². The van der Waals surface area contributed by atoms with Crippen LogP contribution >= 0.6 is 0 Å². The first-order chi connectivity index (χ1) is 11.9. The van der Waals surface area contributed by atoms with Crippen LogP contribution < -0.4 is 10.6 Å². The van der Waals surface area contributed by atoms with Crippen molar-refractivity contribution in [1.82, 2.24) is 15.5 Å². The molecule has 1 fully saturated rings. The molecule has 1 aliphatic rings. The van der Waals surface area contributed by atoms with Crippen LogP contribution in [0.3, 0.4) is 0 Å². The van der Waals surface area contributed by atoms with Gasteiger partial charge in [0.1, 0.15) is 5.78 Å². The number of amides is 1. The monoisotopic (exact) mass is 355 g/mol. The molecule has 2 N–H and O–H groups in total. The highest BCUT2D eigenvalue weighted by Crippen LogP contribution is 2.22. The number of piperidine rings is 1. The SMILES string of the molecule is C=C(C[C@H](NCC(=O)C(C)C)C(=O)NCC)N1CCCC[C@@H]1C.CC.[HH]. The van der Waals surface area contributed by atoms with Gasteiger partial charge < -0.3 is 10.2 Å². The Bertz CT molecular complexity index is 427. The van der Waals surface area contributed by atoms with Crippen molar-refractivity contribution in [2.45, 2.75) is 79.3 Å². The van der Waals surface area contributed by atoms with E-state index in [1.165, 1.54) is 19.3 Å². The molecule has 0 aliphatic carbocycles. The Morgan fingerprint density at radius 1 is 1.28 bits per heavy atom. The van der Waals surface area contributed by atoms with Gasteiger partial charge in [0.2, 0.25) is 5.91 Å². The summed E-state index contributed by atoms with van der Waals surface area (Å²) in [6.07, 6.45) is 4.14. The van der Waals surface area contributed by atoms with E-state index in [-0.39, 0.29) is 25.6 Å². The van der Waals surface area contributed by atoms with Gasteiger partial charge >= 0.3 is 0 Å². The van der Waals surface area contributed by atoms with Gasteiger partial charge in [-0.25, -0.2) is 0 Å². The Balaban J connectivity index is 0. The minimum Gasteiger partial charge on any atom is -0.373 e. The molecule has 0 saturated carbocycles. The number of ketones is 1. The molecule has 0 aromatic carbocycles. The molecule has 0 radical (unpaired) electrons.